The van der Waals surface area contributed by atoms with E-state index >= 15 is 0 Å². The van der Waals surface area contributed by atoms with Crippen LogP contribution in [0.2, 0.25) is 0 Å². The van der Waals surface area contributed by atoms with Crippen molar-refractivity contribution in [1.82, 2.24) is 0 Å². The van der Waals surface area contributed by atoms with Crippen LogP contribution in [0.3, 0.4) is 0 Å². The summed E-state index contributed by atoms with van der Waals surface area (Å²) >= 11 is 0. The van der Waals surface area contributed by atoms with Crippen LogP contribution in [0.5, 0.6) is 0 Å². The number of unbranched alkanes of at least 4 members (excludes halogenated alkanes) is 16. The highest BCUT2D eigenvalue weighted by Crippen LogP contribution is 2.18. The van der Waals surface area contributed by atoms with E-state index in [1.165, 1.54) is 83.5 Å². The van der Waals surface area contributed by atoms with Gasteiger partial charge in [0.25, 0.3) is 0 Å². The van der Waals surface area contributed by atoms with E-state index in [1.54, 1.807) is 0 Å². The maximum absolute atomic E-state index is 12.6. The molecule has 0 heterocycles. The SMILES string of the molecule is CCCCC/C=C\C/C=C\C/C=C\C/C=C\CCCC(=O)OC(CCCCCCC)CCCCCCCCCCCC(=O)O. The lowest BCUT2D eigenvalue weighted by Crippen LogP contribution is -2.18. The van der Waals surface area contributed by atoms with E-state index in [1.807, 2.05) is 0 Å². The van der Waals surface area contributed by atoms with E-state index in [4.69, 9.17) is 9.84 Å². The molecule has 0 spiro atoms. The number of hydrogen-bond acceptors (Lipinski definition) is 3. The minimum absolute atomic E-state index is 0.0256. The Morgan fingerprint density at radius 2 is 0.909 bits per heavy atom. The monoisotopic (exact) mass is 615 g/mol. The Hall–Kier alpha value is -2.10. The van der Waals surface area contributed by atoms with Crippen LogP contribution in [-0.4, -0.2) is 23.1 Å². The summed E-state index contributed by atoms with van der Waals surface area (Å²) in [6, 6.07) is 0. The Balaban J connectivity index is 4.03. The summed E-state index contributed by atoms with van der Waals surface area (Å²) in [6.45, 7) is 4.48. The number of aliphatic carboxylic acids is 1. The predicted molar refractivity (Wildman–Crippen MR) is 190 cm³/mol. The molecule has 1 N–H and O–H groups in total. The van der Waals surface area contributed by atoms with E-state index in [0.29, 0.717) is 12.8 Å². The highest BCUT2D eigenvalue weighted by atomic mass is 16.5. The molecule has 4 nitrogen and oxygen atoms in total. The molecule has 1 unspecified atom stereocenters. The zero-order chi connectivity index (χ0) is 32.2. The van der Waals surface area contributed by atoms with E-state index in [9.17, 15) is 9.59 Å². The van der Waals surface area contributed by atoms with Gasteiger partial charge >= 0.3 is 11.9 Å². The molecule has 0 fully saturated rings. The lowest BCUT2D eigenvalue weighted by Gasteiger charge is -2.18. The summed E-state index contributed by atoms with van der Waals surface area (Å²) in [5.74, 6) is -0.709. The molecule has 0 aliphatic rings. The standard InChI is InChI=1S/C40H70O4/c1-3-5-7-9-10-11-12-13-14-15-16-17-18-22-25-29-33-37-40(43)44-38(34-30-26-8-6-4-2)35-31-27-23-20-19-21-24-28-32-36-39(41)42/h10-11,13-14,16-17,22,25,38H,3-9,12,15,18-21,23-24,26-37H2,1-2H3,(H,41,42)/b11-10-,14-13-,17-16-,25-22-. The van der Waals surface area contributed by atoms with Crippen LogP contribution in [0.15, 0.2) is 48.6 Å². The number of allylic oxidation sites excluding steroid dienone is 8. The fourth-order valence-electron chi connectivity index (χ4n) is 5.29. The molecule has 0 aromatic rings. The third-order valence-corrected chi connectivity index (χ3v) is 8.05. The molecular weight excluding hydrogens is 544 g/mol. The molecule has 0 bridgehead atoms. The van der Waals surface area contributed by atoms with Gasteiger partial charge in [0.15, 0.2) is 0 Å². The van der Waals surface area contributed by atoms with Crippen molar-refractivity contribution in [2.45, 2.75) is 193 Å². The number of rotatable bonds is 33. The molecule has 0 aromatic carbocycles. The molecule has 44 heavy (non-hydrogen) atoms. The fourth-order valence-corrected chi connectivity index (χ4v) is 5.29. The highest BCUT2D eigenvalue weighted by molar-refractivity contribution is 5.69. The maximum Gasteiger partial charge on any atom is 0.306 e. The number of ether oxygens (including phenoxy) is 1. The first-order valence-electron chi connectivity index (χ1n) is 18.6. The smallest absolute Gasteiger partial charge is 0.306 e. The second-order valence-corrected chi connectivity index (χ2v) is 12.4. The summed E-state index contributed by atoms with van der Waals surface area (Å²) in [4.78, 5) is 23.1. The van der Waals surface area contributed by atoms with E-state index in [2.05, 4.69) is 62.5 Å². The second-order valence-electron chi connectivity index (χ2n) is 12.4. The van der Waals surface area contributed by atoms with Crippen molar-refractivity contribution >= 4 is 11.9 Å². The van der Waals surface area contributed by atoms with Crippen molar-refractivity contribution < 1.29 is 19.4 Å². The van der Waals surface area contributed by atoms with Gasteiger partial charge in [-0.05, 0) is 77.0 Å². The molecule has 0 aliphatic carbocycles. The molecule has 0 aliphatic heterocycles. The van der Waals surface area contributed by atoms with Crippen molar-refractivity contribution in [2.24, 2.45) is 0 Å². The number of esters is 1. The summed E-state index contributed by atoms with van der Waals surface area (Å²) in [7, 11) is 0. The molecular formula is C40H70O4. The predicted octanol–water partition coefficient (Wildman–Crippen LogP) is 12.8. The van der Waals surface area contributed by atoms with Crippen LogP contribution in [0.1, 0.15) is 187 Å². The van der Waals surface area contributed by atoms with Crippen LogP contribution in [0, 0.1) is 0 Å². The summed E-state index contributed by atoms with van der Waals surface area (Å²) in [5.41, 5.74) is 0. The van der Waals surface area contributed by atoms with E-state index in [0.717, 1.165) is 77.0 Å². The van der Waals surface area contributed by atoms with E-state index in [-0.39, 0.29) is 12.1 Å². The average molecular weight is 615 g/mol. The third-order valence-electron chi connectivity index (χ3n) is 8.05. The van der Waals surface area contributed by atoms with Crippen LogP contribution in [0.4, 0.5) is 0 Å². The van der Waals surface area contributed by atoms with Crippen molar-refractivity contribution in [3.8, 4) is 0 Å². The Labute approximate surface area is 272 Å². The number of carboxylic acid groups (broad SMARTS) is 1. The summed E-state index contributed by atoms with van der Waals surface area (Å²) < 4.78 is 5.96. The Bertz CT molecular complexity index is 748. The average Bonchev–Trinajstić information content (AvgIpc) is 3.00. The lowest BCUT2D eigenvalue weighted by atomic mass is 10.0. The van der Waals surface area contributed by atoms with Crippen LogP contribution < -0.4 is 0 Å². The third kappa shape index (κ3) is 34.4. The second kappa shape index (κ2) is 35.4. The number of hydrogen-bond donors (Lipinski definition) is 1. The van der Waals surface area contributed by atoms with Crippen LogP contribution in [0.25, 0.3) is 0 Å². The molecule has 254 valence electrons. The minimum Gasteiger partial charge on any atom is -0.481 e. The number of carbonyl (C=O) groups excluding carboxylic acids is 1. The summed E-state index contributed by atoms with van der Waals surface area (Å²) in [6.07, 6.45) is 47.1. The van der Waals surface area contributed by atoms with Crippen molar-refractivity contribution in [3.05, 3.63) is 48.6 Å². The normalized spacial score (nSPS) is 12.8. The zero-order valence-electron chi connectivity index (χ0n) is 29.0. The van der Waals surface area contributed by atoms with E-state index < -0.39 is 5.97 Å². The Morgan fingerprint density at radius 3 is 1.41 bits per heavy atom. The molecule has 0 aromatic heterocycles. The molecule has 0 radical (unpaired) electrons. The van der Waals surface area contributed by atoms with Crippen LogP contribution in [-0.2, 0) is 14.3 Å². The quantitative estimate of drug-likeness (QED) is 0.0454. The Kier molecular flexibility index (Phi) is 33.7. The van der Waals surface area contributed by atoms with Crippen molar-refractivity contribution in [1.29, 1.82) is 0 Å². The molecule has 0 saturated carbocycles. The minimum atomic E-state index is -0.683. The van der Waals surface area contributed by atoms with Crippen LogP contribution >= 0.6 is 0 Å². The maximum atomic E-state index is 12.6. The van der Waals surface area contributed by atoms with Gasteiger partial charge in [-0.15, -0.1) is 0 Å². The Morgan fingerprint density at radius 1 is 0.500 bits per heavy atom. The first-order chi connectivity index (χ1) is 21.6. The number of carbonyl (C=O) groups is 2. The molecule has 0 amide bonds. The largest absolute Gasteiger partial charge is 0.481 e. The topological polar surface area (TPSA) is 63.6 Å². The number of carboxylic acids is 1. The molecule has 4 heteroatoms. The van der Waals surface area contributed by atoms with Gasteiger partial charge in [-0.2, -0.15) is 0 Å². The van der Waals surface area contributed by atoms with Gasteiger partial charge < -0.3 is 9.84 Å². The van der Waals surface area contributed by atoms with Gasteiger partial charge in [-0.1, -0.05) is 146 Å². The van der Waals surface area contributed by atoms with Gasteiger partial charge in [0.1, 0.15) is 6.10 Å². The molecule has 0 saturated heterocycles. The van der Waals surface area contributed by atoms with Gasteiger partial charge in [0.2, 0.25) is 0 Å². The summed E-state index contributed by atoms with van der Waals surface area (Å²) in [5, 5.41) is 8.70. The molecule has 1 atom stereocenters. The highest BCUT2D eigenvalue weighted by Gasteiger charge is 2.14. The zero-order valence-corrected chi connectivity index (χ0v) is 29.0. The van der Waals surface area contributed by atoms with Gasteiger partial charge in [-0.25, -0.2) is 0 Å². The van der Waals surface area contributed by atoms with Gasteiger partial charge in [0.05, 0.1) is 0 Å². The first-order valence-corrected chi connectivity index (χ1v) is 18.6. The fraction of sp³-hybridized carbons (Fsp3) is 0.750. The van der Waals surface area contributed by atoms with Gasteiger partial charge in [-0.3, -0.25) is 9.59 Å². The van der Waals surface area contributed by atoms with Gasteiger partial charge in [0, 0.05) is 12.8 Å². The van der Waals surface area contributed by atoms with Crippen molar-refractivity contribution in [2.75, 3.05) is 0 Å². The molecule has 0 rings (SSSR count). The van der Waals surface area contributed by atoms with Crippen molar-refractivity contribution in [3.63, 3.8) is 0 Å². The lowest BCUT2D eigenvalue weighted by molar-refractivity contribution is -0.150. The first kappa shape index (κ1) is 41.9.